The molecule has 5 nitrogen and oxygen atoms in total. The summed E-state index contributed by atoms with van der Waals surface area (Å²) in [6.45, 7) is 1.91. The maximum absolute atomic E-state index is 13.8. The van der Waals surface area contributed by atoms with Crippen LogP contribution < -0.4 is 16.2 Å². The molecule has 1 heterocycles. The number of anilines is 2. The third kappa shape index (κ3) is 2.79. The first-order chi connectivity index (χ1) is 9.13. The first kappa shape index (κ1) is 13.2. The lowest BCUT2D eigenvalue weighted by Gasteiger charge is -2.26. The Morgan fingerprint density at radius 3 is 2.74 bits per heavy atom. The fraction of sp³-hybridized carbons (Fsp3) is 0.231. The standard InChI is InChI=1S/C13H16FN5/c1-9(10-5-3-4-6-11(10)14)19(2)12-7-8-16-13(17-12)18-15/h3-9H,15H2,1-2H3,(H,16,17,18). The summed E-state index contributed by atoms with van der Waals surface area (Å²) in [4.78, 5) is 10.0. The Morgan fingerprint density at radius 1 is 1.32 bits per heavy atom. The number of nitrogen functional groups attached to an aromatic ring is 1. The summed E-state index contributed by atoms with van der Waals surface area (Å²) in [5, 5.41) is 0. The van der Waals surface area contributed by atoms with Crippen molar-refractivity contribution < 1.29 is 4.39 Å². The van der Waals surface area contributed by atoms with Gasteiger partial charge < -0.3 is 4.90 Å². The molecule has 1 aromatic heterocycles. The number of aromatic nitrogens is 2. The van der Waals surface area contributed by atoms with E-state index in [1.165, 1.54) is 6.07 Å². The molecule has 100 valence electrons. The summed E-state index contributed by atoms with van der Waals surface area (Å²) in [6, 6.07) is 8.30. The minimum Gasteiger partial charge on any atom is -0.353 e. The summed E-state index contributed by atoms with van der Waals surface area (Å²) >= 11 is 0. The Morgan fingerprint density at radius 2 is 2.05 bits per heavy atom. The van der Waals surface area contributed by atoms with E-state index in [0.717, 1.165) is 0 Å². The van der Waals surface area contributed by atoms with Crippen LogP contribution in [0.4, 0.5) is 16.2 Å². The summed E-state index contributed by atoms with van der Waals surface area (Å²) in [5.74, 6) is 6.04. The Kier molecular flexibility index (Phi) is 3.91. The number of halogens is 1. The molecular formula is C13H16FN5. The lowest BCUT2D eigenvalue weighted by Crippen LogP contribution is -2.24. The average Bonchev–Trinajstić information content (AvgIpc) is 2.46. The molecule has 0 fully saturated rings. The third-order valence-corrected chi connectivity index (χ3v) is 3.07. The largest absolute Gasteiger partial charge is 0.353 e. The van der Waals surface area contributed by atoms with Crippen molar-refractivity contribution in [1.29, 1.82) is 0 Å². The molecule has 6 heteroatoms. The van der Waals surface area contributed by atoms with Gasteiger partial charge in [0.1, 0.15) is 11.6 Å². The average molecular weight is 261 g/mol. The van der Waals surface area contributed by atoms with Gasteiger partial charge in [0, 0.05) is 18.8 Å². The van der Waals surface area contributed by atoms with Gasteiger partial charge in [-0.1, -0.05) is 18.2 Å². The topological polar surface area (TPSA) is 67.1 Å². The van der Waals surface area contributed by atoms with Crippen LogP contribution in [0.3, 0.4) is 0 Å². The van der Waals surface area contributed by atoms with Gasteiger partial charge in [0.05, 0.1) is 6.04 Å². The van der Waals surface area contributed by atoms with Gasteiger partial charge in [-0.3, -0.25) is 5.43 Å². The smallest absolute Gasteiger partial charge is 0.239 e. The maximum atomic E-state index is 13.8. The molecule has 0 saturated carbocycles. The molecule has 0 aliphatic carbocycles. The van der Waals surface area contributed by atoms with E-state index in [0.29, 0.717) is 17.3 Å². The molecule has 0 saturated heterocycles. The molecule has 1 unspecified atom stereocenters. The van der Waals surface area contributed by atoms with Crippen LogP contribution in [-0.4, -0.2) is 17.0 Å². The zero-order valence-electron chi connectivity index (χ0n) is 10.8. The number of nitrogens with one attached hydrogen (secondary N) is 1. The van der Waals surface area contributed by atoms with E-state index in [2.05, 4.69) is 15.4 Å². The number of hydrazine groups is 1. The monoisotopic (exact) mass is 261 g/mol. The van der Waals surface area contributed by atoms with Crippen LogP contribution in [-0.2, 0) is 0 Å². The van der Waals surface area contributed by atoms with E-state index in [1.807, 2.05) is 24.9 Å². The predicted molar refractivity (Wildman–Crippen MR) is 73.1 cm³/mol. The second-order valence-corrected chi connectivity index (χ2v) is 4.19. The zero-order chi connectivity index (χ0) is 13.8. The predicted octanol–water partition coefficient (Wildman–Crippen LogP) is 2.10. The maximum Gasteiger partial charge on any atom is 0.239 e. The fourth-order valence-electron chi connectivity index (χ4n) is 1.84. The molecule has 19 heavy (non-hydrogen) atoms. The normalized spacial score (nSPS) is 12.0. The highest BCUT2D eigenvalue weighted by Crippen LogP contribution is 2.25. The Bertz CT molecular complexity index is 560. The molecular weight excluding hydrogens is 245 g/mol. The van der Waals surface area contributed by atoms with E-state index in [4.69, 9.17) is 5.84 Å². The van der Waals surface area contributed by atoms with Crippen LogP contribution in [0.1, 0.15) is 18.5 Å². The van der Waals surface area contributed by atoms with Gasteiger partial charge in [0.2, 0.25) is 5.95 Å². The molecule has 1 aromatic carbocycles. The number of nitrogens with zero attached hydrogens (tertiary/aromatic N) is 3. The molecule has 0 spiro atoms. The van der Waals surface area contributed by atoms with Crippen molar-refractivity contribution >= 4 is 11.8 Å². The van der Waals surface area contributed by atoms with Crippen molar-refractivity contribution in [2.24, 2.45) is 5.84 Å². The van der Waals surface area contributed by atoms with Crippen molar-refractivity contribution in [3.8, 4) is 0 Å². The minimum atomic E-state index is -0.229. The zero-order valence-corrected chi connectivity index (χ0v) is 10.8. The van der Waals surface area contributed by atoms with Crippen LogP contribution in [0.25, 0.3) is 0 Å². The molecule has 0 amide bonds. The first-order valence-electron chi connectivity index (χ1n) is 5.90. The lowest BCUT2D eigenvalue weighted by atomic mass is 10.1. The van der Waals surface area contributed by atoms with Crippen molar-refractivity contribution in [2.45, 2.75) is 13.0 Å². The second kappa shape index (κ2) is 5.62. The molecule has 0 aliphatic rings. The van der Waals surface area contributed by atoms with E-state index in [9.17, 15) is 4.39 Å². The number of hydrogen-bond acceptors (Lipinski definition) is 5. The molecule has 1 atom stereocenters. The van der Waals surface area contributed by atoms with Crippen LogP contribution in [0.5, 0.6) is 0 Å². The number of hydrogen-bond donors (Lipinski definition) is 2. The quantitative estimate of drug-likeness (QED) is 0.651. The highest BCUT2D eigenvalue weighted by Gasteiger charge is 2.16. The van der Waals surface area contributed by atoms with E-state index in [1.54, 1.807) is 24.4 Å². The molecule has 2 aromatic rings. The summed E-state index contributed by atoms with van der Waals surface area (Å²) < 4.78 is 13.8. The number of nitrogens with two attached hydrogens (primary N) is 1. The van der Waals surface area contributed by atoms with Crippen LogP contribution in [0, 0.1) is 5.82 Å². The molecule has 0 bridgehead atoms. The van der Waals surface area contributed by atoms with Gasteiger partial charge in [-0.05, 0) is 19.1 Å². The van der Waals surface area contributed by atoms with Crippen molar-refractivity contribution in [1.82, 2.24) is 9.97 Å². The summed E-state index contributed by atoms with van der Waals surface area (Å²) in [5.41, 5.74) is 3.01. The van der Waals surface area contributed by atoms with Gasteiger partial charge >= 0.3 is 0 Å². The van der Waals surface area contributed by atoms with Crippen LogP contribution >= 0.6 is 0 Å². The van der Waals surface area contributed by atoms with E-state index >= 15 is 0 Å². The van der Waals surface area contributed by atoms with Crippen molar-refractivity contribution in [3.63, 3.8) is 0 Å². The highest BCUT2D eigenvalue weighted by molar-refractivity contribution is 5.44. The lowest BCUT2D eigenvalue weighted by molar-refractivity contribution is 0.584. The molecule has 3 N–H and O–H groups in total. The third-order valence-electron chi connectivity index (χ3n) is 3.07. The van der Waals surface area contributed by atoms with Gasteiger partial charge in [-0.15, -0.1) is 0 Å². The summed E-state index contributed by atoms with van der Waals surface area (Å²) in [7, 11) is 1.85. The van der Waals surface area contributed by atoms with Gasteiger partial charge in [0.15, 0.2) is 0 Å². The molecule has 0 radical (unpaired) electrons. The Labute approximate surface area is 111 Å². The van der Waals surface area contributed by atoms with Gasteiger partial charge in [0.25, 0.3) is 0 Å². The van der Waals surface area contributed by atoms with Gasteiger partial charge in [-0.2, -0.15) is 4.98 Å². The van der Waals surface area contributed by atoms with Crippen LogP contribution in [0.15, 0.2) is 36.5 Å². The fourth-order valence-corrected chi connectivity index (χ4v) is 1.84. The second-order valence-electron chi connectivity index (χ2n) is 4.19. The molecule has 2 rings (SSSR count). The highest BCUT2D eigenvalue weighted by atomic mass is 19.1. The summed E-state index contributed by atoms with van der Waals surface area (Å²) in [6.07, 6.45) is 1.60. The minimum absolute atomic E-state index is 0.151. The molecule has 0 aliphatic heterocycles. The first-order valence-corrected chi connectivity index (χ1v) is 5.90. The van der Waals surface area contributed by atoms with Crippen molar-refractivity contribution in [2.75, 3.05) is 17.4 Å². The van der Waals surface area contributed by atoms with Crippen molar-refractivity contribution in [3.05, 3.63) is 47.9 Å². The SMILES string of the molecule is CC(c1ccccc1F)N(C)c1ccnc(NN)n1. The van der Waals surface area contributed by atoms with Gasteiger partial charge in [-0.25, -0.2) is 15.2 Å². The Hall–Kier alpha value is -2.21. The number of rotatable bonds is 4. The van der Waals surface area contributed by atoms with E-state index in [-0.39, 0.29) is 11.9 Å². The van der Waals surface area contributed by atoms with Crippen LogP contribution in [0.2, 0.25) is 0 Å². The van der Waals surface area contributed by atoms with E-state index < -0.39 is 0 Å². The Balaban J connectivity index is 2.28. The number of benzene rings is 1.